The fourth-order valence-electron chi connectivity index (χ4n) is 2.90. The van der Waals surface area contributed by atoms with Gasteiger partial charge in [-0.15, -0.1) is 0 Å². The number of amides is 1. The van der Waals surface area contributed by atoms with Crippen LogP contribution in [-0.2, 0) is 10.2 Å². The van der Waals surface area contributed by atoms with Crippen LogP contribution in [0.25, 0.3) is 0 Å². The highest BCUT2D eigenvalue weighted by atomic mass is 19.3. The topological polar surface area (TPSA) is 64.3 Å². The molecule has 1 fully saturated rings. The van der Waals surface area contributed by atoms with E-state index in [1.165, 1.54) is 0 Å². The molecular formula is C17H24F2N2O2. The van der Waals surface area contributed by atoms with Gasteiger partial charge in [-0.2, -0.15) is 0 Å². The largest absolute Gasteiger partial charge is 0.444 e. The molecule has 1 aliphatic carbocycles. The summed E-state index contributed by atoms with van der Waals surface area (Å²) in [4.78, 5) is 11.9. The molecule has 1 aromatic rings. The number of hydrogen-bond acceptors (Lipinski definition) is 3. The third-order valence-corrected chi connectivity index (χ3v) is 4.07. The fraction of sp³-hybridized carbons (Fsp3) is 0.588. The quantitative estimate of drug-likeness (QED) is 0.883. The normalized spacial score (nSPS) is 18.9. The second-order valence-corrected chi connectivity index (χ2v) is 7.35. The molecule has 3 N–H and O–H groups in total. The molecule has 0 spiro atoms. The Bertz CT molecular complexity index is 601. The summed E-state index contributed by atoms with van der Waals surface area (Å²) in [5.74, 6) is -2.66. The minimum atomic E-state index is -2.66. The third-order valence-electron chi connectivity index (χ3n) is 4.07. The van der Waals surface area contributed by atoms with E-state index in [-0.39, 0.29) is 19.4 Å². The lowest BCUT2D eigenvalue weighted by Crippen LogP contribution is -2.53. The summed E-state index contributed by atoms with van der Waals surface area (Å²) < 4.78 is 31.9. The van der Waals surface area contributed by atoms with Gasteiger partial charge in [-0.1, -0.05) is 12.1 Å². The van der Waals surface area contributed by atoms with E-state index < -0.39 is 23.0 Å². The number of anilines is 1. The summed E-state index contributed by atoms with van der Waals surface area (Å²) in [5.41, 5.74) is 6.53. The molecule has 1 amide bonds. The number of aryl methyl sites for hydroxylation is 1. The van der Waals surface area contributed by atoms with E-state index >= 15 is 0 Å². The van der Waals surface area contributed by atoms with Crippen LogP contribution in [0.4, 0.5) is 19.3 Å². The summed E-state index contributed by atoms with van der Waals surface area (Å²) in [6, 6.07) is 5.33. The second kappa shape index (κ2) is 5.74. The maximum atomic E-state index is 13.3. The van der Waals surface area contributed by atoms with E-state index in [1.807, 2.05) is 6.92 Å². The lowest BCUT2D eigenvalue weighted by Gasteiger charge is -2.47. The van der Waals surface area contributed by atoms with Crippen molar-refractivity contribution in [3.05, 3.63) is 29.3 Å². The first-order valence-corrected chi connectivity index (χ1v) is 7.65. The molecule has 0 unspecified atom stereocenters. The molecule has 0 atom stereocenters. The van der Waals surface area contributed by atoms with Crippen molar-refractivity contribution in [1.29, 1.82) is 0 Å². The van der Waals surface area contributed by atoms with Crippen LogP contribution in [0.5, 0.6) is 0 Å². The number of halogens is 2. The van der Waals surface area contributed by atoms with Crippen LogP contribution in [0.3, 0.4) is 0 Å². The van der Waals surface area contributed by atoms with E-state index in [0.29, 0.717) is 5.69 Å². The number of rotatable bonds is 3. The fourth-order valence-corrected chi connectivity index (χ4v) is 2.90. The van der Waals surface area contributed by atoms with Gasteiger partial charge in [0.1, 0.15) is 5.60 Å². The monoisotopic (exact) mass is 326 g/mol. The van der Waals surface area contributed by atoms with E-state index in [2.05, 4.69) is 5.32 Å². The summed E-state index contributed by atoms with van der Waals surface area (Å²) in [7, 11) is 0. The molecule has 6 heteroatoms. The first-order chi connectivity index (χ1) is 10.5. The van der Waals surface area contributed by atoms with Gasteiger partial charge in [-0.05, 0) is 44.9 Å². The Hall–Kier alpha value is -1.69. The van der Waals surface area contributed by atoms with Crippen LogP contribution < -0.4 is 11.1 Å². The molecule has 1 aromatic carbocycles. The van der Waals surface area contributed by atoms with Crippen molar-refractivity contribution in [2.45, 2.75) is 57.5 Å². The Balaban J connectivity index is 2.21. The molecule has 0 bridgehead atoms. The molecule has 128 valence electrons. The molecule has 0 saturated heterocycles. The molecule has 0 aliphatic heterocycles. The number of alkyl halides is 2. The highest BCUT2D eigenvalue weighted by molar-refractivity contribution is 5.86. The van der Waals surface area contributed by atoms with E-state index in [0.717, 1.165) is 11.1 Å². The summed E-state index contributed by atoms with van der Waals surface area (Å²) in [5, 5.41) is 2.68. The predicted octanol–water partition coefficient (Wildman–Crippen LogP) is 3.97. The highest BCUT2D eigenvalue weighted by Gasteiger charge is 2.56. The van der Waals surface area contributed by atoms with Gasteiger partial charge in [-0.3, -0.25) is 5.32 Å². The van der Waals surface area contributed by atoms with Crippen molar-refractivity contribution in [2.75, 3.05) is 11.9 Å². The van der Waals surface area contributed by atoms with Gasteiger partial charge in [0.25, 0.3) is 0 Å². The zero-order chi connectivity index (χ0) is 17.5. The predicted molar refractivity (Wildman–Crippen MR) is 85.9 cm³/mol. The van der Waals surface area contributed by atoms with Crippen LogP contribution in [-0.4, -0.2) is 24.2 Å². The number of ether oxygens (including phenoxy) is 1. The Morgan fingerprint density at radius 1 is 1.35 bits per heavy atom. The number of nitrogens with two attached hydrogens (primary N) is 1. The highest BCUT2D eigenvalue weighted by Crippen LogP contribution is 2.53. The first-order valence-electron chi connectivity index (χ1n) is 7.65. The van der Waals surface area contributed by atoms with Gasteiger partial charge >= 0.3 is 6.09 Å². The Kier molecular flexibility index (Phi) is 4.41. The average Bonchev–Trinajstić information content (AvgIpc) is 2.35. The third kappa shape index (κ3) is 3.99. The van der Waals surface area contributed by atoms with Crippen LogP contribution in [0, 0.1) is 6.92 Å². The van der Waals surface area contributed by atoms with Crippen molar-refractivity contribution in [1.82, 2.24) is 0 Å². The molecule has 1 aliphatic rings. The molecular weight excluding hydrogens is 302 g/mol. The second-order valence-electron chi connectivity index (χ2n) is 7.35. The van der Waals surface area contributed by atoms with E-state index in [9.17, 15) is 13.6 Å². The number of benzene rings is 1. The summed E-state index contributed by atoms with van der Waals surface area (Å²) >= 11 is 0. The SMILES string of the molecule is Cc1ccc(C2(CN)CC(F)(F)C2)cc1NC(=O)OC(C)(C)C. The minimum absolute atomic E-state index is 0.150. The Morgan fingerprint density at radius 2 is 1.96 bits per heavy atom. The molecule has 0 radical (unpaired) electrons. The smallest absolute Gasteiger partial charge is 0.412 e. The maximum Gasteiger partial charge on any atom is 0.412 e. The molecule has 4 nitrogen and oxygen atoms in total. The lowest BCUT2D eigenvalue weighted by molar-refractivity contribution is -0.123. The standard InChI is InChI=1S/C17H24F2N2O2/c1-11-5-6-12(16(10-20)8-17(18,19)9-16)7-13(11)21-14(22)23-15(2,3)4/h5-7H,8-10,20H2,1-4H3,(H,21,22). The Morgan fingerprint density at radius 3 is 2.43 bits per heavy atom. The van der Waals surface area contributed by atoms with Crippen LogP contribution >= 0.6 is 0 Å². The van der Waals surface area contributed by atoms with E-state index in [4.69, 9.17) is 10.5 Å². The maximum absolute atomic E-state index is 13.3. The first kappa shape index (κ1) is 17.7. The molecule has 0 aromatic heterocycles. The number of carbonyl (C=O) groups is 1. The average molecular weight is 326 g/mol. The van der Waals surface area contributed by atoms with Crippen LogP contribution in [0.1, 0.15) is 44.7 Å². The van der Waals surface area contributed by atoms with Gasteiger partial charge in [0.2, 0.25) is 5.92 Å². The number of hydrogen-bond donors (Lipinski definition) is 2. The summed E-state index contributed by atoms with van der Waals surface area (Å²) in [6.07, 6.45) is -1.09. The molecule has 0 heterocycles. The van der Waals surface area contributed by atoms with Crippen LogP contribution in [0.2, 0.25) is 0 Å². The van der Waals surface area contributed by atoms with Crippen molar-refractivity contribution < 1.29 is 18.3 Å². The lowest BCUT2D eigenvalue weighted by atomic mass is 9.62. The number of carbonyl (C=O) groups excluding carboxylic acids is 1. The van der Waals surface area contributed by atoms with Crippen molar-refractivity contribution in [2.24, 2.45) is 5.73 Å². The number of nitrogens with one attached hydrogen (secondary N) is 1. The van der Waals surface area contributed by atoms with Gasteiger partial charge < -0.3 is 10.5 Å². The molecule has 2 rings (SSSR count). The van der Waals surface area contributed by atoms with Crippen LogP contribution in [0.15, 0.2) is 18.2 Å². The molecule has 23 heavy (non-hydrogen) atoms. The van der Waals surface area contributed by atoms with Gasteiger partial charge in [0.15, 0.2) is 0 Å². The van der Waals surface area contributed by atoms with Gasteiger partial charge in [-0.25, -0.2) is 13.6 Å². The van der Waals surface area contributed by atoms with Crippen molar-refractivity contribution in [3.63, 3.8) is 0 Å². The summed E-state index contributed by atoms with van der Waals surface area (Å²) in [6.45, 7) is 7.31. The zero-order valence-corrected chi connectivity index (χ0v) is 14.0. The van der Waals surface area contributed by atoms with Crippen molar-refractivity contribution in [3.8, 4) is 0 Å². The molecule has 1 saturated carbocycles. The zero-order valence-electron chi connectivity index (χ0n) is 14.0. The minimum Gasteiger partial charge on any atom is -0.444 e. The van der Waals surface area contributed by atoms with Gasteiger partial charge in [0, 0.05) is 30.5 Å². The van der Waals surface area contributed by atoms with Crippen molar-refractivity contribution >= 4 is 11.8 Å². The van der Waals surface area contributed by atoms with E-state index in [1.54, 1.807) is 39.0 Å². The van der Waals surface area contributed by atoms with Gasteiger partial charge in [0.05, 0.1) is 0 Å². The Labute approximate surface area is 135 Å².